The zero-order valence-electron chi connectivity index (χ0n) is 12.1. The fraction of sp³-hybridized carbons (Fsp3) is 0.769. The lowest BCUT2D eigenvalue weighted by Gasteiger charge is -2.12. The number of carbonyl (C=O) groups is 1. The summed E-state index contributed by atoms with van der Waals surface area (Å²) in [5.41, 5.74) is 0. The molecule has 1 heterocycles. The van der Waals surface area contributed by atoms with Crippen molar-refractivity contribution in [2.45, 2.75) is 52.0 Å². The second kappa shape index (κ2) is 7.89. The standard InChI is InChI=1S/C13H23N3O3/c1-9(2)13-15-12(19-16-13)7-5-6-11(17)14-10(3)8-18-4/h9-10H,5-8H2,1-4H3,(H,14,17)/t10-/m0/s1. The van der Waals surface area contributed by atoms with Gasteiger partial charge >= 0.3 is 0 Å². The molecular weight excluding hydrogens is 246 g/mol. The third kappa shape index (κ3) is 5.83. The SMILES string of the molecule is COC[C@H](C)NC(=O)CCCc1nc(C(C)C)no1. The van der Waals surface area contributed by atoms with Crippen LogP contribution in [0.3, 0.4) is 0 Å². The Balaban J connectivity index is 2.24. The molecule has 1 aromatic heterocycles. The fourth-order valence-corrected chi connectivity index (χ4v) is 1.64. The van der Waals surface area contributed by atoms with Gasteiger partial charge in [0.25, 0.3) is 0 Å². The Hall–Kier alpha value is -1.43. The molecule has 0 aliphatic heterocycles. The van der Waals surface area contributed by atoms with Gasteiger partial charge in [-0.3, -0.25) is 4.79 Å². The number of ether oxygens (including phenoxy) is 1. The van der Waals surface area contributed by atoms with E-state index in [0.717, 1.165) is 0 Å². The fourth-order valence-electron chi connectivity index (χ4n) is 1.64. The Kier molecular flexibility index (Phi) is 6.49. The lowest BCUT2D eigenvalue weighted by Crippen LogP contribution is -2.35. The molecule has 0 saturated carbocycles. The molecule has 6 heteroatoms. The smallest absolute Gasteiger partial charge is 0.226 e. The van der Waals surface area contributed by atoms with Crippen LogP contribution in [0.1, 0.15) is 51.2 Å². The van der Waals surface area contributed by atoms with Gasteiger partial charge in [-0.05, 0) is 13.3 Å². The first kappa shape index (κ1) is 15.6. The highest BCUT2D eigenvalue weighted by atomic mass is 16.5. The maximum Gasteiger partial charge on any atom is 0.226 e. The highest BCUT2D eigenvalue weighted by molar-refractivity contribution is 5.76. The Morgan fingerprint density at radius 3 is 2.74 bits per heavy atom. The van der Waals surface area contributed by atoms with Crippen molar-refractivity contribution in [3.05, 3.63) is 11.7 Å². The molecule has 0 fully saturated rings. The molecule has 6 nitrogen and oxygen atoms in total. The highest BCUT2D eigenvalue weighted by Gasteiger charge is 2.11. The number of carbonyl (C=O) groups excluding carboxylic acids is 1. The van der Waals surface area contributed by atoms with Crippen molar-refractivity contribution in [1.29, 1.82) is 0 Å². The Labute approximate surface area is 113 Å². The third-order valence-electron chi connectivity index (χ3n) is 2.62. The molecule has 0 aliphatic carbocycles. The quantitative estimate of drug-likeness (QED) is 0.776. The van der Waals surface area contributed by atoms with Crippen LogP contribution >= 0.6 is 0 Å². The first-order valence-electron chi connectivity index (χ1n) is 6.63. The van der Waals surface area contributed by atoms with Gasteiger partial charge in [0.05, 0.1) is 6.61 Å². The first-order chi connectivity index (χ1) is 9.02. The number of amides is 1. The summed E-state index contributed by atoms with van der Waals surface area (Å²) in [4.78, 5) is 15.9. The van der Waals surface area contributed by atoms with Crippen LogP contribution in [0, 0.1) is 0 Å². The summed E-state index contributed by atoms with van der Waals surface area (Å²) in [5.74, 6) is 1.60. The van der Waals surface area contributed by atoms with Gasteiger partial charge in [0.2, 0.25) is 11.8 Å². The number of nitrogens with one attached hydrogen (secondary N) is 1. The number of rotatable bonds is 8. The number of nitrogens with zero attached hydrogens (tertiary/aromatic N) is 2. The van der Waals surface area contributed by atoms with Crippen molar-refractivity contribution >= 4 is 5.91 Å². The predicted octanol–water partition coefficient (Wildman–Crippen LogP) is 1.67. The summed E-state index contributed by atoms with van der Waals surface area (Å²) in [6.07, 6.45) is 1.78. The van der Waals surface area contributed by atoms with Gasteiger partial charge in [0.1, 0.15) is 0 Å². The Bertz CT molecular complexity index is 390. The topological polar surface area (TPSA) is 77.2 Å². The van der Waals surface area contributed by atoms with Gasteiger partial charge in [-0.25, -0.2) is 0 Å². The van der Waals surface area contributed by atoms with Crippen LogP contribution in [0.5, 0.6) is 0 Å². The predicted molar refractivity (Wildman–Crippen MR) is 70.8 cm³/mol. The van der Waals surface area contributed by atoms with Crippen molar-refractivity contribution < 1.29 is 14.1 Å². The Morgan fingerprint density at radius 1 is 1.42 bits per heavy atom. The van der Waals surface area contributed by atoms with Crippen molar-refractivity contribution in [2.24, 2.45) is 0 Å². The number of hydrogen-bond acceptors (Lipinski definition) is 5. The van der Waals surface area contributed by atoms with Crippen LogP contribution < -0.4 is 5.32 Å². The molecule has 0 bridgehead atoms. The molecule has 1 rings (SSSR count). The minimum absolute atomic E-state index is 0.0214. The molecule has 0 saturated heterocycles. The summed E-state index contributed by atoms with van der Waals surface area (Å²) in [6.45, 7) is 6.46. The summed E-state index contributed by atoms with van der Waals surface area (Å²) < 4.78 is 10.1. The molecule has 108 valence electrons. The largest absolute Gasteiger partial charge is 0.383 e. The molecule has 19 heavy (non-hydrogen) atoms. The highest BCUT2D eigenvalue weighted by Crippen LogP contribution is 2.11. The molecule has 1 aromatic rings. The first-order valence-corrected chi connectivity index (χ1v) is 6.63. The number of aryl methyl sites for hydroxylation is 1. The van der Waals surface area contributed by atoms with E-state index in [2.05, 4.69) is 15.5 Å². The summed E-state index contributed by atoms with van der Waals surface area (Å²) in [6, 6.07) is 0.0356. The van der Waals surface area contributed by atoms with Gasteiger partial charge in [-0.15, -0.1) is 0 Å². The van der Waals surface area contributed by atoms with Gasteiger partial charge in [-0.2, -0.15) is 4.98 Å². The van der Waals surface area contributed by atoms with Gasteiger partial charge in [0, 0.05) is 31.9 Å². The van der Waals surface area contributed by atoms with E-state index in [1.807, 2.05) is 20.8 Å². The second-order valence-electron chi connectivity index (χ2n) is 4.98. The van der Waals surface area contributed by atoms with Crippen LogP contribution in [-0.2, 0) is 16.0 Å². The van der Waals surface area contributed by atoms with Crippen LogP contribution in [0.25, 0.3) is 0 Å². The van der Waals surface area contributed by atoms with E-state index in [4.69, 9.17) is 9.26 Å². The van der Waals surface area contributed by atoms with Crippen molar-refractivity contribution in [3.8, 4) is 0 Å². The third-order valence-corrected chi connectivity index (χ3v) is 2.62. The van der Waals surface area contributed by atoms with Crippen LogP contribution in [0.4, 0.5) is 0 Å². The average molecular weight is 269 g/mol. The van der Waals surface area contributed by atoms with E-state index in [1.165, 1.54) is 0 Å². The number of aromatic nitrogens is 2. The minimum atomic E-state index is 0.0214. The van der Waals surface area contributed by atoms with E-state index < -0.39 is 0 Å². The van der Waals surface area contributed by atoms with Crippen LogP contribution in [0.15, 0.2) is 4.52 Å². The molecule has 1 N–H and O–H groups in total. The molecular formula is C13H23N3O3. The lowest BCUT2D eigenvalue weighted by molar-refractivity contribution is -0.122. The molecule has 0 radical (unpaired) electrons. The van der Waals surface area contributed by atoms with E-state index in [9.17, 15) is 4.79 Å². The maximum absolute atomic E-state index is 11.6. The molecule has 0 spiro atoms. The Morgan fingerprint density at radius 2 is 2.16 bits per heavy atom. The van der Waals surface area contributed by atoms with Crippen molar-refractivity contribution in [1.82, 2.24) is 15.5 Å². The zero-order valence-corrected chi connectivity index (χ0v) is 12.1. The van der Waals surface area contributed by atoms with Gasteiger partial charge in [0.15, 0.2) is 5.82 Å². The minimum Gasteiger partial charge on any atom is -0.383 e. The normalized spacial score (nSPS) is 12.7. The molecule has 0 aromatic carbocycles. The van der Waals surface area contributed by atoms with Crippen molar-refractivity contribution in [2.75, 3.05) is 13.7 Å². The van der Waals surface area contributed by atoms with E-state index >= 15 is 0 Å². The average Bonchev–Trinajstić information content (AvgIpc) is 2.78. The second-order valence-corrected chi connectivity index (χ2v) is 4.98. The monoisotopic (exact) mass is 269 g/mol. The molecule has 1 atom stereocenters. The van der Waals surface area contributed by atoms with E-state index in [-0.39, 0.29) is 17.9 Å². The van der Waals surface area contributed by atoms with Gasteiger partial charge in [-0.1, -0.05) is 19.0 Å². The van der Waals surface area contributed by atoms with Crippen LogP contribution in [-0.4, -0.2) is 35.8 Å². The van der Waals surface area contributed by atoms with Crippen molar-refractivity contribution in [3.63, 3.8) is 0 Å². The lowest BCUT2D eigenvalue weighted by atomic mass is 10.2. The summed E-state index contributed by atoms with van der Waals surface area (Å²) >= 11 is 0. The summed E-state index contributed by atoms with van der Waals surface area (Å²) in [5, 5.41) is 6.74. The van der Waals surface area contributed by atoms with Crippen LogP contribution in [0.2, 0.25) is 0 Å². The number of methoxy groups -OCH3 is 1. The summed E-state index contributed by atoms with van der Waals surface area (Å²) in [7, 11) is 1.62. The van der Waals surface area contributed by atoms with Gasteiger partial charge < -0.3 is 14.6 Å². The van der Waals surface area contributed by atoms with E-state index in [1.54, 1.807) is 7.11 Å². The number of hydrogen-bond donors (Lipinski definition) is 1. The molecule has 0 aliphatic rings. The molecule has 1 amide bonds. The maximum atomic E-state index is 11.6. The molecule has 0 unspecified atom stereocenters. The zero-order chi connectivity index (χ0) is 14.3. The van der Waals surface area contributed by atoms with E-state index in [0.29, 0.717) is 37.6 Å².